The second-order valence-corrected chi connectivity index (χ2v) is 7.67. The summed E-state index contributed by atoms with van der Waals surface area (Å²) in [6.07, 6.45) is 10.8. The zero-order chi connectivity index (χ0) is 14.0. The monoisotopic (exact) mass is 280 g/mol. The Morgan fingerprint density at radius 3 is 2.30 bits per heavy atom. The predicted molar refractivity (Wildman–Crippen MR) is 83.0 cm³/mol. The van der Waals surface area contributed by atoms with Gasteiger partial charge < -0.3 is 10.1 Å². The van der Waals surface area contributed by atoms with Gasteiger partial charge in [0.2, 0.25) is 0 Å². The summed E-state index contributed by atoms with van der Waals surface area (Å²) in [5.41, 5.74) is 0.539. The number of nitrogens with one attached hydrogen (secondary N) is 1. The summed E-state index contributed by atoms with van der Waals surface area (Å²) in [5.74, 6) is 0. The highest BCUT2D eigenvalue weighted by molar-refractivity contribution is 4.92. The number of nitrogens with zero attached hydrogens (tertiary/aromatic N) is 1. The van der Waals surface area contributed by atoms with Gasteiger partial charge in [-0.15, -0.1) is 0 Å². The Hall–Kier alpha value is -0.120. The van der Waals surface area contributed by atoms with E-state index in [-0.39, 0.29) is 0 Å². The number of rotatable bonds is 5. The molecule has 0 spiro atoms. The van der Waals surface area contributed by atoms with Gasteiger partial charge in [0.25, 0.3) is 0 Å². The van der Waals surface area contributed by atoms with E-state index >= 15 is 0 Å². The van der Waals surface area contributed by atoms with Crippen molar-refractivity contribution in [3.05, 3.63) is 0 Å². The van der Waals surface area contributed by atoms with Gasteiger partial charge in [0.15, 0.2) is 0 Å². The first-order valence-corrected chi connectivity index (χ1v) is 8.76. The van der Waals surface area contributed by atoms with Crippen molar-refractivity contribution in [2.75, 3.05) is 26.2 Å². The zero-order valence-electron chi connectivity index (χ0n) is 13.4. The predicted octanol–water partition coefficient (Wildman–Crippen LogP) is 2.80. The molecule has 0 aromatic rings. The summed E-state index contributed by atoms with van der Waals surface area (Å²) in [7, 11) is 0. The summed E-state index contributed by atoms with van der Waals surface area (Å²) in [6, 6.07) is 0.844. The Balaban J connectivity index is 1.59. The molecule has 1 saturated heterocycles. The fourth-order valence-electron chi connectivity index (χ4n) is 4.23. The van der Waals surface area contributed by atoms with Crippen LogP contribution in [0.5, 0.6) is 0 Å². The van der Waals surface area contributed by atoms with Crippen LogP contribution in [0.3, 0.4) is 0 Å². The largest absolute Gasteiger partial charge is 0.373 e. The molecule has 1 aliphatic heterocycles. The molecule has 2 aliphatic carbocycles. The van der Waals surface area contributed by atoms with Crippen LogP contribution in [-0.2, 0) is 4.74 Å². The Kier molecular flexibility index (Phi) is 4.68. The van der Waals surface area contributed by atoms with E-state index in [1.54, 1.807) is 0 Å². The zero-order valence-corrected chi connectivity index (χ0v) is 13.4. The van der Waals surface area contributed by atoms with Gasteiger partial charge in [0.05, 0.1) is 12.2 Å². The average Bonchev–Trinajstić information content (AvgIpc) is 3.20. The van der Waals surface area contributed by atoms with Gasteiger partial charge in [-0.2, -0.15) is 0 Å². The quantitative estimate of drug-likeness (QED) is 0.838. The van der Waals surface area contributed by atoms with Crippen LogP contribution >= 0.6 is 0 Å². The lowest BCUT2D eigenvalue weighted by molar-refractivity contribution is -0.0803. The summed E-state index contributed by atoms with van der Waals surface area (Å²) in [4.78, 5) is 2.68. The Morgan fingerprint density at radius 2 is 1.70 bits per heavy atom. The number of hydrogen-bond acceptors (Lipinski definition) is 3. The van der Waals surface area contributed by atoms with E-state index < -0.39 is 0 Å². The van der Waals surface area contributed by atoms with Gasteiger partial charge in [-0.1, -0.05) is 19.3 Å². The average molecular weight is 280 g/mol. The topological polar surface area (TPSA) is 24.5 Å². The normalized spacial score (nSPS) is 35.1. The highest BCUT2D eigenvalue weighted by Gasteiger charge is 2.37. The van der Waals surface area contributed by atoms with Gasteiger partial charge in [-0.3, -0.25) is 4.90 Å². The van der Waals surface area contributed by atoms with Crippen molar-refractivity contribution >= 4 is 0 Å². The fraction of sp³-hybridized carbons (Fsp3) is 1.00. The van der Waals surface area contributed by atoms with Crippen LogP contribution in [0.2, 0.25) is 0 Å². The third-order valence-corrected chi connectivity index (χ3v) is 5.31. The van der Waals surface area contributed by atoms with Crippen LogP contribution < -0.4 is 5.32 Å². The van der Waals surface area contributed by atoms with Gasteiger partial charge in [0.1, 0.15) is 0 Å². The molecule has 0 aromatic carbocycles. The van der Waals surface area contributed by atoms with Crippen molar-refractivity contribution in [3.63, 3.8) is 0 Å². The van der Waals surface area contributed by atoms with Crippen LogP contribution in [-0.4, -0.2) is 49.3 Å². The van der Waals surface area contributed by atoms with Crippen molar-refractivity contribution in [1.82, 2.24) is 10.2 Å². The van der Waals surface area contributed by atoms with E-state index in [0.29, 0.717) is 17.6 Å². The lowest BCUT2D eigenvalue weighted by Gasteiger charge is -2.44. The van der Waals surface area contributed by atoms with Gasteiger partial charge in [-0.25, -0.2) is 0 Å². The van der Waals surface area contributed by atoms with Gasteiger partial charge >= 0.3 is 0 Å². The molecule has 3 rings (SSSR count). The van der Waals surface area contributed by atoms with Crippen molar-refractivity contribution in [2.24, 2.45) is 5.41 Å². The van der Waals surface area contributed by atoms with E-state index in [0.717, 1.165) is 19.1 Å². The van der Waals surface area contributed by atoms with Crippen LogP contribution in [0.25, 0.3) is 0 Å². The summed E-state index contributed by atoms with van der Waals surface area (Å²) in [5, 5.41) is 3.82. The van der Waals surface area contributed by atoms with Crippen molar-refractivity contribution in [1.29, 1.82) is 0 Å². The minimum Gasteiger partial charge on any atom is -0.373 e. The van der Waals surface area contributed by atoms with Gasteiger partial charge in [0, 0.05) is 32.2 Å². The molecule has 0 aromatic heterocycles. The molecule has 1 N–H and O–H groups in total. The molecule has 0 radical (unpaired) electrons. The summed E-state index contributed by atoms with van der Waals surface area (Å²) in [6.45, 7) is 9.21. The number of ether oxygens (including phenoxy) is 1. The molecule has 20 heavy (non-hydrogen) atoms. The van der Waals surface area contributed by atoms with Crippen LogP contribution in [0.15, 0.2) is 0 Å². The molecular weight excluding hydrogens is 248 g/mol. The van der Waals surface area contributed by atoms with Crippen molar-refractivity contribution < 1.29 is 4.74 Å². The first-order valence-electron chi connectivity index (χ1n) is 8.76. The highest BCUT2D eigenvalue weighted by atomic mass is 16.5. The molecule has 116 valence electrons. The summed E-state index contributed by atoms with van der Waals surface area (Å²) >= 11 is 0. The minimum absolute atomic E-state index is 0.399. The van der Waals surface area contributed by atoms with E-state index in [1.807, 2.05) is 0 Å². The van der Waals surface area contributed by atoms with E-state index in [2.05, 4.69) is 24.1 Å². The molecule has 0 amide bonds. The maximum atomic E-state index is 5.89. The molecular formula is C17H32N2O. The van der Waals surface area contributed by atoms with Crippen molar-refractivity contribution in [3.8, 4) is 0 Å². The van der Waals surface area contributed by atoms with E-state index in [4.69, 9.17) is 4.74 Å². The third-order valence-electron chi connectivity index (χ3n) is 5.31. The van der Waals surface area contributed by atoms with E-state index in [1.165, 1.54) is 58.0 Å². The van der Waals surface area contributed by atoms with Crippen LogP contribution in [0.1, 0.15) is 58.8 Å². The van der Waals surface area contributed by atoms with Crippen molar-refractivity contribution in [2.45, 2.75) is 77.0 Å². The Morgan fingerprint density at radius 1 is 1.05 bits per heavy atom. The lowest BCUT2D eigenvalue weighted by atomic mass is 9.73. The SMILES string of the molecule is CC1CN(CC2(CNC3CC3)CCCCC2)CC(C)O1. The number of morpholine rings is 1. The minimum atomic E-state index is 0.399. The van der Waals surface area contributed by atoms with Crippen LogP contribution in [0, 0.1) is 5.41 Å². The maximum Gasteiger partial charge on any atom is 0.0678 e. The maximum absolute atomic E-state index is 5.89. The summed E-state index contributed by atoms with van der Waals surface area (Å²) < 4.78 is 5.89. The lowest BCUT2D eigenvalue weighted by Crippen LogP contribution is -2.52. The Labute approximate surface area is 124 Å². The first kappa shape index (κ1) is 14.8. The molecule has 3 fully saturated rings. The molecule has 3 nitrogen and oxygen atoms in total. The third kappa shape index (κ3) is 3.96. The molecule has 1 heterocycles. The second-order valence-electron chi connectivity index (χ2n) is 7.67. The molecule has 0 bridgehead atoms. The van der Waals surface area contributed by atoms with Crippen LogP contribution in [0.4, 0.5) is 0 Å². The first-order chi connectivity index (χ1) is 9.65. The number of hydrogen-bond donors (Lipinski definition) is 1. The highest BCUT2D eigenvalue weighted by Crippen LogP contribution is 2.38. The van der Waals surface area contributed by atoms with Gasteiger partial charge in [-0.05, 0) is 44.9 Å². The smallest absolute Gasteiger partial charge is 0.0678 e. The Bertz CT molecular complexity index is 300. The molecule has 3 aliphatic rings. The molecule has 2 saturated carbocycles. The second kappa shape index (κ2) is 6.33. The molecule has 2 atom stereocenters. The van der Waals surface area contributed by atoms with E-state index in [9.17, 15) is 0 Å². The standard InChI is InChI=1S/C17H32N2O/c1-14-10-19(11-15(2)20-14)13-17(8-4-3-5-9-17)12-18-16-6-7-16/h14-16,18H,3-13H2,1-2H3. The fourth-order valence-corrected chi connectivity index (χ4v) is 4.23. The molecule has 2 unspecified atom stereocenters. The molecule has 3 heteroatoms.